The Bertz CT molecular complexity index is 1480. The molecule has 3 aromatic carbocycles. The summed E-state index contributed by atoms with van der Waals surface area (Å²) in [4.78, 5) is 29.3. The van der Waals surface area contributed by atoms with Crippen LogP contribution in [0.25, 0.3) is 0 Å². The number of halogens is 1. The molecule has 0 aliphatic heterocycles. The number of ether oxygens (including phenoxy) is 1. The number of nitrogens with zero attached hydrogens (tertiary/aromatic N) is 2. The van der Waals surface area contributed by atoms with E-state index in [9.17, 15) is 18.0 Å². The van der Waals surface area contributed by atoms with Crippen LogP contribution in [0.2, 0.25) is 5.02 Å². The number of carbonyl (C=O) groups excluding carboxylic acids is 2. The van der Waals surface area contributed by atoms with Gasteiger partial charge in [0, 0.05) is 37.0 Å². The minimum atomic E-state index is -3.65. The van der Waals surface area contributed by atoms with E-state index < -0.39 is 16.1 Å². The molecule has 0 saturated carbocycles. The molecule has 0 aliphatic carbocycles. The van der Waals surface area contributed by atoms with E-state index in [2.05, 4.69) is 5.32 Å². The highest BCUT2D eigenvalue weighted by Crippen LogP contribution is 2.29. The molecule has 0 aliphatic rings. The largest absolute Gasteiger partial charge is 0.497 e. The van der Waals surface area contributed by atoms with E-state index in [-0.39, 0.29) is 43.8 Å². The van der Waals surface area contributed by atoms with Crippen LogP contribution in [-0.2, 0) is 32.6 Å². The van der Waals surface area contributed by atoms with Crippen LogP contribution in [0.3, 0.4) is 0 Å². The van der Waals surface area contributed by atoms with E-state index in [0.29, 0.717) is 28.4 Å². The first-order valence-electron chi connectivity index (χ1n) is 14.4. The number of sulfonamides is 1. The van der Waals surface area contributed by atoms with Crippen molar-refractivity contribution in [3.8, 4) is 5.75 Å². The van der Waals surface area contributed by atoms with Crippen LogP contribution in [0.5, 0.6) is 5.75 Å². The van der Waals surface area contributed by atoms with Gasteiger partial charge in [0.25, 0.3) is 0 Å². The smallest absolute Gasteiger partial charge is 0.243 e. The van der Waals surface area contributed by atoms with Crippen molar-refractivity contribution in [2.45, 2.75) is 65.1 Å². The third-order valence-corrected chi connectivity index (χ3v) is 9.01. The summed E-state index contributed by atoms with van der Waals surface area (Å²) in [6.07, 6.45) is 2.50. The maximum atomic E-state index is 14.0. The van der Waals surface area contributed by atoms with Crippen molar-refractivity contribution in [1.82, 2.24) is 10.2 Å². The van der Waals surface area contributed by atoms with Gasteiger partial charge >= 0.3 is 0 Å². The molecule has 2 amide bonds. The fraction of sp³-hybridized carbons (Fsp3) is 0.394. The Morgan fingerprint density at radius 2 is 1.67 bits per heavy atom. The third kappa shape index (κ3) is 9.73. The standard InChI is InChI=1S/C33H42ClN3O5S/c1-6-24(2)35-33(39)31(22-26-13-8-7-9-14-26)36(23-27-15-10-16-28(21-27)42-4)32(38)19-12-20-37(43(5,40)41)30-18-11-17-29(34)25(30)3/h7-11,13-18,21,24,31H,6,12,19-20,22-23H2,1-5H3,(H,35,39)/t24-,31+/m0/s1. The topological polar surface area (TPSA) is 96.0 Å². The Kier molecular flexibility index (Phi) is 12.5. The maximum Gasteiger partial charge on any atom is 0.243 e. The molecule has 232 valence electrons. The summed E-state index contributed by atoms with van der Waals surface area (Å²) >= 11 is 6.28. The van der Waals surface area contributed by atoms with Gasteiger partial charge in [-0.1, -0.05) is 67.1 Å². The van der Waals surface area contributed by atoms with Crippen LogP contribution >= 0.6 is 11.6 Å². The molecule has 0 saturated heterocycles. The van der Waals surface area contributed by atoms with E-state index in [1.54, 1.807) is 37.1 Å². The van der Waals surface area contributed by atoms with Crippen LogP contribution in [0.1, 0.15) is 49.8 Å². The van der Waals surface area contributed by atoms with Crippen molar-refractivity contribution < 1.29 is 22.7 Å². The summed E-state index contributed by atoms with van der Waals surface area (Å²) in [6.45, 7) is 5.96. The Morgan fingerprint density at radius 1 is 1.00 bits per heavy atom. The fourth-order valence-corrected chi connectivity index (χ4v) is 6.00. The van der Waals surface area contributed by atoms with Gasteiger partial charge in [-0.2, -0.15) is 0 Å². The molecule has 10 heteroatoms. The van der Waals surface area contributed by atoms with E-state index in [4.69, 9.17) is 16.3 Å². The van der Waals surface area contributed by atoms with Crippen LogP contribution in [-0.4, -0.2) is 57.1 Å². The molecule has 3 aromatic rings. The average molecular weight is 628 g/mol. The number of hydrogen-bond acceptors (Lipinski definition) is 5. The van der Waals surface area contributed by atoms with Gasteiger partial charge in [0.15, 0.2) is 0 Å². The lowest BCUT2D eigenvalue weighted by Crippen LogP contribution is -2.52. The van der Waals surface area contributed by atoms with E-state index >= 15 is 0 Å². The van der Waals surface area contributed by atoms with Gasteiger partial charge in [-0.3, -0.25) is 13.9 Å². The third-order valence-electron chi connectivity index (χ3n) is 7.42. The molecule has 0 aromatic heterocycles. The predicted molar refractivity (Wildman–Crippen MR) is 173 cm³/mol. The zero-order valence-electron chi connectivity index (χ0n) is 25.5. The summed E-state index contributed by atoms with van der Waals surface area (Å²) in [5.74, 6) is 0.162. The first kappa shape index (κ1) is 33.9. The number of benzene rings is 3. The second-order valence-electron chi connectivity index (χ2n) is 10.7. The fourth-order valence-electron chi connectivity index (χ4n) is 4.81. The minimum Gasteiger partial charge on any atom is -0.497 e. The normalized spacial score (nSPS) is 12.7. The number of nitrogens with one attached hydrogen (secondary N) is 1. The molecule has 0 radical (unpaired) electrons. The number of carbonyl (C=O) groups is 2. The lowest BCUT2D eigenvalue weighted by Gasteiger charge is -2.33. The van der Waals surface area contributed by atoms with Gasteiger partial charge in [-0.05, 0) is 67.6 Å². The lowest BCUT2D eigenvalue weighted by molar-refractivity contribution is -0.141. The number of methoxy groups -OCH3 is 1. The Balaban J connectivity index is 1.93. The molecule has 0 heterocycles. The van der Waals surface area contributed by atoms with Crippen LogP contribution in [0, 0.1) is 6.92 Å². The summed E-state index contributed by atoms with van der Waals surface area (Å²) in [5.41, 5.74) is 2.86. The maximum absolute atomic E-state index is 14.0. The highest BCUT2D eigenvalue weighted by atomic mass is 35.5. The van der Waals surface area contributed by atoms with Gasteiger partial charge in [-0.15, -0.1) is 0 Å². The molecule has 0 fully saturated rings. The zero-order valence-corrected chi connectivity index (χ0v) is 27.1. The predicted octanol–water partition coefficient (Wildman–Crippen LogP) is 5.76. The Labute approximate surface area is 261 Å². The Morgan fingerprint density at radius 3 is 2.33 bits per heavy atom. The SMILES string of the molecule is CC[C@H](C)NC(=O)[C@@H](Cc1ccccc1)N(Cc1cccc(OC)c1)C(=O)CCCN(c1cccc(Cl)c1C)S(C)(=O)=O. The van der Waals surface area contributed by atoms with Gasteiger partial charge in [-0.25, -0.2) is 8.42 Å². The van der Waals surface area contributed by atoms with Crippen molar-refractivity contribution in [3.05, 3.63) is 94.5 Å². The number of anilines is 1. The second kappa shape index (κ2) is 15.8. The van der Waals surface area contributed by atoms with E-state index in [1.165, 1.54) is 4.31 Å². The minimum absolute atomic E-state index is 0.0392. The molecular weight excluding hydrogens is 586 g/mol. The van der Waals surface area contributed by atoms with Crippen LogP contribution < -0.4 is 14.4 Å². The number of amides is 2. The molecule has 3 rings (SSSR count). The molecule has 8 nitrogen and oxygen atoms in total. The van der Waals surface area contributed by atoms with Gasteiger partial charge < -0.3 is 15.0 Å². The van der Waals surface area contributed by atoms with Crippen molar-refractivity contribution in [2.24, 2.45) is 0 Å². The molecule has 0 bridgehead atoms. The van der Waals surface area contributed by atoms with Crippen LogP contribution in [0.4, 0.5) is 5.69 Å². The molecule has 1 N–H and O–H groups in total. The molecular formula is C33H42ClN3O5S. The second-order valence-corrected chi connectivity index (χ2v) is 13.0. The van der Waals surface area contributed by atoms with E-state index in [1.807, 2.05) is 68.4 Å². The van der Waals surface area contributed by atoms with Crippen molar-refractivity contribution in [3.63, 3.8) is 0 Å². The van der Waals surface area contributed by atoms with Gasteiger partial charge in [0.2, 0.25) is 21.8 Å². The van der Waals surface area contributed by atoms with Crippen LogP contribution in [0.15, 0.2) is 72.8 Å². The average Bonchev–Trinajstić information content (AvgIpc) is 2.98. The van der Waals surface area contributed by atoms with Crippen molar-refractivity contribution in [2.75, 3.05) is 24.2 Å². The summed E-state index contributed by atoms with van der Waals surface area (Å²) in [6, 6.07) is 21.3. The highest BCUT2D eigenvalue weighted by Gasteiger charge is 2.31. The highest BCUT2D eigenvalue weighted by molar-refractivity contribution is 7.92. The van der Waals surface area contributed by atoms with Crippen molar-refractivity contribution in [1.29, 1.82) is 0 Å². The molecule has 0 unspecified atom stereocenters. The quantitative estimate of drug-likeness (QED) is 0.231. The number of hydrogen-bond donors (Lipinski definition) is 1. The Hall–Kier alpha value is -3.56. The zero-order chi connectivity index (χ0) is 31.6. The molecule has 0 spiro atoms. The molecule has 2 atom stereocenters. The monoisotopic (exact) mass is 627 g/mol. The first-order chi connectivity index (χ1) is 20.4. The van der Waals surface area contributed by atoms with Crippen molar-refractivity contribution >= 4 is 39.1 Å². The summed E-state index contributed by atoms with van der Waals surface area (Å²) in [7, 11) is -2.07. The summed E-state index contributed by atoms with van der Waals surface area (Å²) in [5, 5.41) is 3.52. The van der Waals surface area contributed by atoms with E-state index in [0.717, 1.165) is 23.8 Å². The first-order valence-corrected chi connectivity index (χ1v) is 16.7. The van der Waals surface area contributed by atoms with Gasteiger partial charge in [0.05, 0.1) is 19.1 Å². The lowest BCUT2D eigenvalue weighted by atomic mass is 10.0. The number of rotatable bonds is 15. The van der Waals surface area contributed by atoms with Gasteiger partial charge in [0.1, 0.15) is 11.8 Å². The molecule has 43 heavy (non-hydrogen) atoms. The summed E-state index contributed by atoms with van der Waals surface area (Å²) < 4.78 is 32.2.